The largest absolute Gasteiger partial charge is 0.490 e. The number of hydrogen-bond donors (Lipinski definition) is 4. The molecular formula is C19H17ClF3N5O4S. The molecule has 3 aromatic rings. The van der Waals surface area contributed by atoms with Crippen LogP contribution in [0.2, 0.25) is 4.34 Å². The van der Waals surface area contributed by atoms with Crippen LogP contribution in [0.25, 0.3) is 0 Å². The number of aromatic nitrogens is 2. The number of carbonyl (C=O) groups is 3. The lowest BCUT2D eigenvalue weighted by molar-refractivity contribution is -0.192. The molecule has 176 valence electrons. The number of anilines is 2. The minimum absolute atomic E-state index is 0.411. The second kappa shape index (κ2) is 11.4. The van der Waals surface area contributed by atoms with Gasteiger partial charge in [-0.15, -0.1) is 11.3 Å². The van der Waals surface area contributed by atoms with Crippen LogP contribution in [0.15, 0.2) is 48.7 Å². The molecule has 14 heteroatoms. The van der Waals surface area contributed by atoms with Crippen molar-refractivity contribution in [3.05, 3.63) is 63.4 Å². The van der Waals surface area contributed by atoms with Gasteiger partial charge in [0, 0.05) is 23.2 Å². The number of halogens is 4. The topological polar surface area (TPSA) is 139 Å². The fraction of sp³-hybridized carbons (Fsp3) is 0.158. The number of nitrogens with zero attached hydrogens (tertiary/aromatic N) is 2. The Balaban J connectivity index is 0.000000479. The zero-order valence-electron chi connectivity index (χ0n) is 16.6. The molecule has 0 atom stereocenters. The van der Waals surface area contributed by atoms with Gasteiger partial charge in [-0.1, -0.05) is 23.7 Å². The molecule has 0 bridgehead atoms. The number of nitrogens with two attached hydrogens (primary N) is 1. The van der Waals surface area contributed by atoms with Gasteiger partial charge >= 0.3 is 24.0 Å². The molecule has 2 heterocycles. The highest BCUT2D eigenvalue weighted by Gasteiger charge is 2.38. The molecule has 0 unspecified atom stereocenters. The van der Waals surface area contributed by atoms with Crippen LogP contribution in [0.3, 0.4) is 0 Å². The molecule has 9 nitrogen and oxygen atoms in total. The zero-order chi connectivity index (χ0) is 24.6. The average molecular weight is 504 g/mol. The average Bonchev–Trinajstić information content (AvgIpc) is 3.37. The Hall–Kier alpha value is -3.42. The fourth-order valence-corrected chi connectivity index (χ4v) is 3.30. The summed E-state index contributed by atoms with van der Waals surface area (Å²) >= 11 is 7.35. The third-order valence-corrected chi connectivity index (χ3v) is 5.00. The first-order chi connectivity index (χ1) is 15.5. The van der Waals surface area contributed by atoms with E-state index in [1.807, 2.05) is 6.07 Å². The third kappa shape index (κ3) is 8.21. The number of carboxylic acids is 1. The molecular weight excluding hydrogens is 487 g/mol. The second-order valence-corrected chi connectivity index (χ2v) is 7.99. The van der Waals surface area contributed by atoms with E-state index in [-0.39, 0.29) is 0 Å². The molecule has 0 radical (unpaired) electrons. The number of hydrogen-bond acceptors (Lipinski definition) is 6. The Kier molecular flexibility index (Phi) is 8.96. The second-order valence-electron chi connectivity index (χ2n) is 6.19. The highest BCUT2D eigenvalue weighted by Crippen LogP contribution is 2.23. The van der Waals surface area contributed by atoms with E-state index in [1.165, 1.54) is 11.3 Å². The van der Waals surface area contributed by atoms with Crippen molar-refractivity contribution in [3.63, 3.8) is 0 Å². The first kappa shape index (κ1) is 25.8. The number of carboxylic acid groups (broad SMARTS) is 1. The van der Waals surface area contributed by atoms with Gasteiger partial charge in [0.25, 0.3) is 0 Å². The van der Waals surface area contributed by atoms with Gasteiger partial charge in [-0.25, -0.2) is 9.48 Å². The van der Waals surface area contributed by atoms with Gasteiger partial charge in [0.05, 0.1) is 17.1 Å². The number of rotatable bonds is 5. The molecule has 3 rings (SSSR count). The van der Waals surface area contributed by atoms with E-state index in [4.69, 9.17) is 27.2 Å². The molecule has 33 heavy (non-hydrogen) atoms. The molecule has 1 aromatic carbocycles. The summed E-state index contributed by atoms with van der Waals surface area (Å²) in [6.45, 7) is 0.857. The Morgan fingerprint density at radius 3 is 2.18 bits per heavy atom. The van der Waals surface area contributed by atoms with Crippen molar-refractivity contribution < 1.29 is 32.7 Å². The van der Waals surface area contributed by atoms with Gasteiger partial charge in [0.2, 0.25) is 0 Å². The molecule has 5 N–H and O–H groups in total. The van der Waals surface area contributed by atoms with E-state index in [0.717, 1.165) is 10.4 Å². The summed E-state index contributed by atoms with van der Waals surface area (Å²) in [5.74, 6) is -3.88. The Morgan fingerprint density at radius 1 is 1.06 bits per heavy atom. The van der Waals surface area contributed by atoms with E-state index in [9.17, 15) is 22.8 Å². The summed E-state index contributed by atoms with van der Waals surface area (Å²) in [6.07, 6.45) is -3.53. The van der Waals surface area contributed by atoms with E-state index in [0.29, 0.717) is 28.9 Å². The maximum Gasteiger partial charge on any atom is 0.490 e. The van der Waals surface area contributed by atoms with Crippen LogP contribution < -0.4 is 16.4 Å². The minimum Gasteiger partial charge on any atom is -0.475 e. The molecule has 0 saturated heterocycles. The zero-order valence-corrected chi connectivity index (χ0v) is 18.2. The smallest absolute Gasteiger partial charge is 0.475 e. The lowest BCUT2D eigenvalue weighted by atomic mass is 10.2. The Bertz CT molecular complexity index is 1120. The predicted octanol–water partition coefficient (Wildman–Crippen LogP) is 3.32. The number of thiophene rings is 1. The summed E-state index contributed by atoms with van der Waals surface area (Å²) < 4.78 is 34.0. The predicted molar refractivity (Wildman–Crippen MR) is 116 cm³/mol. The van der Waals surface area contributed by atoms with Crippen LogP contribution in [0.4, 0.5) is 24.7 Å². The number of aliphatic carboxylic acids is 1. The summed E-state index contributed by atoms with van der Waals surface area (Å²) in [4.78, 5) is 34.1. The van der Waals surface area contributed by atoms with Crippen LogP contribution >= 0.6 is 22.9 Å². The van der Waals surface area contributed by atoms with Crippen LogP contribution in [0, 0.1) is 0 Å². The summed E-state index contributed by atoms with van der Waals surface area (Å²) in [7, 11) is 0. The minimum atomic E-state index is -5.08. The molecule has 0 spiro atoms. The van der Waals surface area contributed by atoms with Crippen molar-refractivity contribution in [2.45, 2.75) is 19.3 Å². The molecule has 0 aliphatic carbocycles. The highest BCUT2D eigenvalue weighted by atomic mass is 35.5. The first-order valence-corrected chi connectivity index (χ1v) is 10.2. The number of amides is 2. The fourth-order valence-electron chi connectivity index (χ4n) is 2.23. The first-order valence-electron chi connectivity index (χ1n) is 8.97. The maximum atomic E-state index is 12.1. The SMILES string of the molecule is NCc1ccc(NC(=O)C(=O)Nc2ccnn2Cc2ccc(Cl)s2)cc1.O=C(O)C(F)(F)F. The van der Waals surface area contributed by atoms with Crippen LogP contribution in [-0.4, -0.2) is 38.8 Å². The van der Waals surface area contributed by atoms with Crippen LogP contribution in [-0.2, 0) is 27.5 Å². The van der Waals surface area contributed by atoms with Gasteiger partial charge in [-0.2, -0.15) is 18.3 Å². The Morgan fingerprint density at radius 2 is 1.67 bits per heavy atom. The highest BCUT2D eigenvalue weighted by molar-refractivity contribution is 7.16. The summed E-state index contributed by atoms with van der Waals surface area (Å²) in [5.41, 5.74) is 6.98. The monoisotopic (exact) mass is 503 g/mol. The van der Waals surface area contributed by atoms with Gasteiger partial charge in [0.15, 0.2) is 0 Å². The maximum absolute atomic E-state index is 12.1. The van der Waals surface area contributed by atoms with Crippen molar-refractivity contribution >= 4 is 52.2 Å². The van der Waals surface area contributed by atoms with Crippen molar-refractivity contribution in [2.24, 2.45) is 5.73 Å². The van der Waals surface area contributed by atoms with Crippen molar-refractivity contribution in [1.82, 2.24) is 9.78 Å². The van der Waals surface area contributed by atoms with E-state index < -0.39 is 24.0 Å². The van der Waals surface area contributed by atoms with E-state index in [1.54, 1.807) is 47.3 Å². The third-order valence-electron chi connectivity index (χ3n) is 3.79. The molecule has 0 saturated carbocycles. The van der Waals surface area contributed by atoms with Crippen LogP contribution in [0.1, 0.15) is 10.4 Å². The number of nitrogens with one attached hydrogen (secondary N) is 2. The van der Waals surface area contributed by atoms with Gasteiger partial charge in [0.1, 0.15) is 5.82 Å². The van der Waals surface area contributed by atoms with Crippen molar-refractivity contribution in [2.75, 3.05) is 10.6 Å². The standard InChI is InChI=1S/C17H16ClN5O2S.C2HF3O2/c18-14-6-5-13(26-14)10-23-15(7-8-20-23)22-17(25)16(24)21-12-3-1-11(9-19)2-4-12;3-2(4,5)1(6)7/h1-8H,9-10,19H2,(H,21,24)(H,22,25);(H,6,7). The molecule has 2 aromatic heterocycles. The van der Waals surface area contributed by atoms with Gasteiger partial charge in [-0.3, -0.25) is 9.59 Å². The van der Waals surface area contributed by atoms with Crippen LogP contribution in [0.5, 0.6) is 0 Å². The lowest BCUT2D eigenvalue weighted by Gasteiger charge is -2.09. The molecule has 2 amide bonds. The summed E-state index contributed by atoms with van der Waals surface area (Å²) in [5, 5.41) is 16.4. The van der Waals surface area contributed by atoms with Gasteiger partial charge in [-0.05, 0) is 29.8 Å². The van der Waals surface area contributed by atoms with Crippen molar-refractivity contribution in [3.8, 4) is 0 Å². The number of benzene rings is 1. The number of alkyl halides is 3. The van der Waals surface area contributed by atoms with E-state index >= 15 is 0 Å². The molecule has 0 aliphatic rings. The molecule has 0 fully saturated rings. The van der Waals surface area contributed by atoms with Gasteiger partial charge < -0.3 is 21.5 Å². The summed E-state index contributed by atoms with van der Waals surface area (Å²) in [6, 6.07) is 12.3. The lowest BCUT2D eigenvalue weighted by Crippen LogP contribution is -2.30. The Labute approximate surface area is 194 Å². The normalized spacial score (nSPS) is 10.7. The van der Waals surface area contributed by atoms with E-state index in [2.05, 4.69) is 15.7 Å². The molecule has 0 aliphatic heterocycles. The van der Waals surface area contributed by atoms with Crippen molar-refractivity contribution in [1.29, 1.82) is 0 Å². The number of carbonyl (C=O) groups excluding carboxylic acids is 2. The quantitative estimate of drug-likeness (QED) is 0.394.